The average Bonchev–Trinajstić information content (AvgIpc) is 2.44. The molecule has 1 aromatic heterocycles. The number of ketones is 1. The fourth-order valence-electron chi connectivity index (χ4n) is 1.77. The van der Waals surface area contributed by atoms with Crippen LogP contribution in [-0.4, -0.2) is 20.8 Å². The summed E-state index contributed by atoms with van der Waals surface area (Å²) < 4.78 is 1.63. The van der Waals surface area contributed by atoms with Crippen molar-refractivity contribution >= 4 is 5.78 Å². The van der Waals surface area contributed by atoms with E-state index < -0.39 is 0 Å². The molecule has 0 bridgehead atoms. The lowest BCUT2D eigenvalue weighted by molar-refractivity contribution is -0.119. The fourth-order valence-corrected chi connectivity index (χ4v) is 1.77. The first-order valence-corrected chi connectivity index (χ1v) is 5.11. The summed E-state index contributed by atoms with van der Waals surface area (Å²) >= 11 is 0. The zero-order chi connectivity index (χ0) is 9.97. The first-order valence-electron chi connectivity index (χ1n) is 5.11. The normalized spacial score (nSPS) is 16.6. The van der Waals surface area contributed by atoms with Crippen LogP contribution >= 0.6 is 0 Å². The van der Waals surface area contributed by atoms with Crippen LogP contribution in [0.15, 0.2) is 6.20 Å². The maximum atomic E-state index is 11.5. The van der Waals surface area contributed by atoms with Crippen molar-refractivity contribution in [2.75, 3.05) is 0 Å². The molecule has 4 heteroatoms. The maximum Gasteiger partial charge on any atom is 0.139 e. The molecule has 4 nitrogen and oxygen atoms in total. The molecule has 1 aliphatic rings. The van der Waals surface area contributed by atoms with Gasteiger partial charge in [-0.1, -0.05) is 24.5 Å². The number of rotatable bonds is 4. The van der Waals surface area contributed by atoms with Gasteiger partial charge in [-0.25, -0.2) is 0 Å². The second-order valence-corrected chi connectivity index (χ2v) is 4.10. The summed E-state index contributed by atoms with van der Waals surface area (Å²) in [6, 6.07) is 0. The summed E-state index contributed by atoms with van der Waals surface area (Å²) in [7, 11) is 1.81. The molecule has 1 aliphatic carbocycles. The molecule has 0 saturated heterocycles. The molecule has 1 aromatic rings. The number of carbonyl (C=O) groups excluding carboxylic acids is 1. The van der Waals surface area contributed by atoms with Crippen molar-refractivity contribution in [1.29, 1.82) is 0 Å². The molecule has 1 fully saturated rings. The highest BCUT2D eigenvalue weighted by Gasteiger charge is 2.20. The Balaban J connectivity index is 1.81. The standard InChI is InChI=1S/C10H15N3O/c1-13-7-9(11-12-13)6-10(14)5-8-3-2-4-8/h7-8H,2-6H2,1H3. The van der Waals surface area contributed by atoms with E-state index in [0.717, 1.165) is 12.1 Å². The van der Waals surface area contributed by atoms with Crippen LogP contribution in [0.1, 0.15) is 31.4 Å². The van der Waals surface area contributed by atoms with Gasteiger partial charge in [-0.2, -0.15) is 0 Å². The number of Topliss-reactive ketones (excluding diaryl/α,β-unsaturated/α-hetero) is 1. The van der Waals surface area contributed by atoms with Gasteiger partial charge in [0.15, 0.2) is 0 Å². The van der Waals surface area contributed by atoms with Crippen molar-refractivity contribution in [2.45, 2.75) is 32.1 Å². The quantitative estimate of drug-likeness (QED) is 0.719. The van der Waals surface area contributed by atoms with Crippen LogP contribution in [0.3, 0.4) is 0 Å². The Morgan fingerprint density at radius 1 is 1.64 bits per heavy atom. The van der Waals surface area contributed by atoms with E-state index in [1.165, 1.54) is 19.3 Å². The summed E-state index contributed by atoms with van der Waals surface area (Å²) in [5.41, 5.74) is 0.789. The number of carbonyl (C=O) groups is 1. The maximum absolute atomic E-state index is 11.5. The van der Waals surface area contributed by atoms with E-state index >= 15 is 0 Å². The van der Waals surface area contributed by atoms with Crippen LogP contribution in [0.5, 0.6) is 0 Å². The lowest BCUT2D eigenvalue weighted by Crippen LogP contribution is -2.17. The molecule has 14 heavy (non-hydrogen) atoms. The summed E-state index contributed by atoms with van der Waals surface area (Å²) in [5, 5.41) is 7.70. The topological polar surface area (TPSA) is 47.8 Å². The Bertz CT molecular complexity index is 328. The Labute approximate surface area is 83.3 Å². The lowest BCUT2D eigenvalue weighted by Gasteiger charge is -2.24. The Hall–Kier alpha value is -1.19. The van der Waals surface area contributed by atoms with Crippen molar-refractivity contribution in [3.63, 3.8) is 0 Å². The van der Waals surface area contributed by atoms with Gasteiger partial charge < -0.3 is 0 Å². The van der Waals surface area contributed by atoms with E-state index in [1.54, 1.807) is 10.9 Å². The van der Waals surface area contributed by atoms with E-state index in [0.29, 0.717) is 18.1 Å². The van der Waals surface area contributed by atoms with E-state index in [9.17, 15) is 4.79 Å². The average molecular weight is 193 g/mol. The number of aromatic nitrogens is 3. The third kappa shape index (κ3) is 2.19. The second-order valence-electron chi connectivity index (χ2n) is 4.10. The largest absolute Gasteiger partial charge is 0.299 e. The first kappa shape index (κ1) is 9.37. The van der Waals surface area contributed by atoms with Gasteiger partial charge in [-0.15, -0.1) is 5.10 Å². The summed E-state index contributed by atoms with van der Waals surface area (Å²) in [6.45, 7) is 0. The smallest absolute Gasteiger partial charge is 0.139 e. The second kappa shape index (κ2) is 3.90. The summed E-state index contributed by atoms with van der Waals surface area (Å²) in [5.74, 6) is 0.953. The van der Waals surface area contributed by atoms with Gasteiger partial charge in [0.05, 0.1) is 12.1 Å². The van der Waals surface area contributed by atoms with E-state index in [4.69, 9.17) is 0 Å². The Morgan fingerprint density at radius 3 is 2.93 bits per heavy atom. The minimum Gasteiger partial charge on any atom is -0.299 e. The number of hydrogen-bond acceptors (Lipinski definition) is 3. The molecule has 0 atom stereocenters. The predicted octanol–water partition coefficient (Wildman–Crippen LogP) is 1.12. The lowest BCUT2D eigenvalue weighted by atomic mass is 9.81. The van der Waals surface area contributed by atoms with Crippen molar-refractivity contribution in [3.05, 3.63) is 11.9 Å². The monoisotopic (exact) mass is 193 g/mol. The first-order chi connectivity index (χ1) is 6.74. The third-order valence-electron chi connectivity index (χ3n) is 2.77. The molecule has 76 valence electrons. The Kier molecular flexibility index (Phi) is 2.61. The highest BCUT2D eigenvalue weighted by Crippen LogP contribution is 2.29. The van der Waals surface area contributed by atoms with Crippen molar-refractivity contribution < 1.29 is 4.79 Å². The highest BCUT2D eigenvalue weighted by atomic mass is 16.1. The van der Waals surface area contributed by atoms with Crippen LogP contribution in [0.25, 0.3) is 0 Å². The zero-order valence-corrected chi connectivity index (χ0v) is 8.44. The molecule has 0 aliphatic heterocycles. The van der Waals surface area contributed by atoms with Gasteiger partial charge in [-0.05, 0) is 5.92 Å². The van der Waals surface area contributed by atoms with E-state index in [1.807, 2.05) is 7.05 Å². The van der Waals surface area contributed by atoms with Gasteiger partial charge >= 0.3 is 0 Å². The number of nitrogens with zero attached hydrogens (tertiary/aromatic N) is 3. The molecule has 0 aromatic carbocycles. The minimum atomic E-state index is 0.301. The van der Waals surface area contributed by atoms with Crippen molar-refractivity contribution in [3.8, 4) is 0 Å². The molecule has 2 rings (SSSR count). The van der Waals surface area contributed by atoms with Crippen molar-refractivity contribution in [1.82, 2.24) is 15.0 Å². The molecule has 1 heterocycles. The SMILES string of the molecule is Cn1cc(CC(=O)CC2CCC2)nn1. The number of aryl methyl sites for hydroxylation is 1. The van der Waals surface area contributed by atoms with E-state index in [-0.39, 0.29) is 0 Å². The third-order valence-corrected chi connectivity index (χ3v) is 2.77. The van der Waals surface area contributed by atoms with Crippen LogP contribution in [0.4, 0.5) is 0 Å². The van der Waals surface area contributed by atoms with Crippen molar-refractivity contribution in [2.24, 2.45) is 13.0 Å². The molecule has 0 radical (unpaired) electrons. The molecular weight excluding hydrogens is 178 g/mol. The predicted molar refractivity (Wildman–Crippen MR) is 51.7 cm³/mol. The van der Waals surface area contributed by atoms with Crippen LogP contribution in [-0.2, 0) is 18.3 Å². The Morgan fingerprint density at radius 2 is 2.43 bits per heavy atom. The molecule has 0 amide bonds. The highest BCUT2D eigenvalue weighted by molar-refractivity contribution is 5.80. The van der Waals surface area contributed by atoms with Gasteiger partial charge in [-0.3, -0.25) is 9.48 Å². The zero-order valence-electron chi connectivity index (χ0n) is 8.44. The van der Waals surface area contributed by atoms with Gasteiger partial charge in [0.2, 0.25) is 0 Å². The summed E-state index contributed by atoms with van der Waals surface area (Å²) in [6.07, 6.45) is 6.74. The molecule has 0 spiro atoms. The van der Waals surface area contributed by atoms with E-state index in [2.05, 4.69) is 10.3 Å². The summed E-state index contributed by atoms with van der Waals surface area (Å²) in [4.78, 5) is 11.5. The molecule has 0 unspecified atom stereocenters. The minimum absolute atomic E-state index is 0.301. The van der Waals surface area contributed by atoms with Crippen LogP contribution in [0, 0.1) is 5.92 Å². The molecule has 0 N–H and O–H groups in total. The molecule has 1 saturated carbocycles. The van der Waals surface area contributed by atoms with Gasteiger partial charge in [0, 0.05) is 19.7 Å². The van der Waals surface area contributed by atoms with Crippen LogP contribution < -0.4 is 0 Å². The number of hydrogen-bond donors (Lipinski definition) is 0. The van der Waals surface area contributed by atoms with Gasteiger partial charge in [0.25, 0.3) is 0 Å². The van der Waals surface area contributed by atoms with Crippen LogP contribution in [0.2, 0.25) is 0 Å². The van der Waals surface area contributed by atoms with Gasteiger partial charge in [0.1, 0.15) is 5.78 Å². The fraction of sp³-hybridized carbons (Fsp3) is 0.700. The molecular formula is C10H15N3O.